The van der Waals surface area contributed by atoms with Gasteiger partial charge in [0.05, 0.1) is 6.10 Å². The molecule has 5 heteroatoms. The summed E-state index contributed by atoms with van der Waals surface area (Å²) in [5.41, 5.74) is 0.818. The summed E-state index contributed by atoms with van der Waals surface area (Å²) in [5.74, 6) is 1.35. The van der Waals surface area contributed by atoms with E-state index in [4.69, 9.17) is 21.1 Å². The van der Waals surface area contributed by atoms with Crippen LogP contribution in [-0.2, 0) is 11.2 Å². The van der Waals surface area contributed by atoms with E-state index in [-0.39, 0.29) is 6.10 Å². The Morgan fingerprint density at radius 1 is 1.26 bits per heavy atom. The topological polar surface area (TPSA) is 44.2 Å². The third-order valence-electron chi connectivity index (χ3n) is 3.59. The fourth-order valence-electron chi connectivity index (χ4n) is 2.37. The first-order chi connectivity index (χ1) is 9.13. The Hall–Kier alpha value is -0.870. The zero-order chi connectivity index (χ0) is 13.8. The Morgan fingerprint density at radius 2 is 2.00 bits per heavy atom. The third-order valence-corrected chi connectivity index (χ3v) is 3.96. The molecular formula is C14H21ClN2O2. The number of aromatic nitrogens is 2. The van der Waals surface area contributed by atoms with E-state index in [1.54, 1.807) is 7.11 Å². The summed E-state index contributed by atoms with van der Waals surface area (Å²) in [5, 5.41) is 0.487. The number of rotatable bonds is 4. The van der Waals surface area contributed by atoms with Crippen LogP contribution in [0.15, 0.2) is 0 Å². The predicted molar refractivity (Wildman–Crippen MR) is 74.8 cm³/mol. The molecule has 1 aromatic rings. The quantitative estimate of drug-likeness (QED) is 0.796. The molecule has 1 heterocycles. The van der Waals surface area contributed by atoms with Gasteiger partial charge in [-0.1, -0.05) is 18.5 Å². The van der Waals surface area contributed by atoms with Crippen LogP contribution in [0.25, 0.3) is 0 Å². The molecule has 0 radical (unpaired) electrons. The van der Waals surface area contributed by atoms with Crippen molar-refractivity contribution in [1.82, 2.24) is 9.97 Å². The number of hydrogen-bond donors (Lipinski definition) is 0. The van der Waals surface area contributed by atoms with Crippen LogP contribution in [0.5, 0.6) is 5.88 Å². The molecular weight excluding hydrogens is 264 g/mol. The molecule has 2 atom stereocenters. The van der Waals surface area contributed by atoms with Gasteiger partial charge in [-0.25, -0.2) is 4.98 Å². The van der Waals surface area contributed by atoms with Gasteiger partial charge in [-0.3, -0.25) is 0 Å². The number of ether oxygens (including phenoxy) is 2. The number of halogens is 1. The molecule has 0 aliphatic heterocycles. The lowest BCUT2D eigenvalue weighted by Crippen LogP contribution is -2.30. The third kappa shape index (κ3) is 3.57. The first-order valence-corrected chi connectivity index (χ1v) is 7.24. The van der Waals surface area contributed by atoms with Crippen molar-refractivity contribution < 1.29 is 9.47 Å². The lowest BCUT2D eigenvalue weighted by Gasteiger charge is -2.28. The van der Waals surface area contributed by atoms with Crippen LogP contribution in [0.1, 0.15) is 44.0 Å². The summed E-state index contributed by atoms with van der Waals surface area (Å²) in [4.78, 5) is 8.66. The van der Waals surface area contributed by atoms with E-state index >= 15 is 0 Å². The van der Waals surface area contributed by atoms with Gasteiger partial charge in [0.15, 0.2) is 0 Å². The van der Waals surface area contributed by atoms with Crippen LogP contribution in [0.2, 0.25) is 5.15 Å². The molecule has 1 aliphatic rings. The van der Waals surface area contributed by atoms with E-state index in [1.807, 2.05) is 13.8 Å². The second-order valence-corrected chi connectivity index (χ2v) is 5.34. The number of methoxy groups -OCH3 is 1. The van der Waals surface area contributed by atoms with Gasteiger partial charge < -0.3 is 9.47 Å². The van der Waals surface area contributed by atoms with Gasteiger partial charge in [-0.2, -0.15) is 4.98 Å². The van der Waals surface area contributed by atoms with E-state index < -0.39 is 0 Å². The van der Waals surface area contributed by atoms with Crippen molar-refractivity contribution in [2.24, 2.45) is 0 Å². The molecule has 1 saturated carbocycles. The molecule has 1 fully saturated rings. The molecule has 19 heavy (non-hydrogen) atoms. The minimum Gasteiger partial charge on any atom is -0.474 e. The van der Waals surface area contributed by atoms with Crippen molar-refractivity contribution in [2.75, 3.05) is 7.11 Å². The lowest BCUT2D eigenvalue weighted by molar-refractivity contribution is 0.0191. The van der Waals surface area contributed by atoms with E-state index in [9.17, 15) is 0 Å². The Labute approximate surface area is 119 Å². The largest absolute Gasteiger partial charge is 0.474 e. The maximum absolute atomic E-state index is 6.12. The molecule has 0 N–H and O–H groups in total. The van der Waals surface area contributed by atoms with Crippen LogP contribution < -0.4 is 4.74 Å². The molecule has 0 bridgehead atoms. The van der Waals surface area contributed by atoms with E-state index in [2.05, 4.69) is 9.97 Å². The second-order valence-electron chi connectivity index (χ2n) is 4.98. The molecule has 0 saturated heterocycles. The van der Waals surface area contributed by atoms with Crippen molar-refractivity contribution in [3.8, 4) is 5.88 Å². The Bertz CT molecular complexity index is 440. The number of aryl methyl sites for hydroxylation is 1. The summed E-state index contributed by atoms with van der Waals surface area (Å²) in [6.45, 7) is 3.90. The van der Waals surface area contributed by atoms with Gasteiger partial charge in [0.2, 0.25) is 5.88 Å². The van der Waals surface area contributed by atoms with Gasteiger partial charge in [0.25, 0.3) is 0 Å². The standard InChI is InChI=1S/C14H21ClN2O2/c1-4-12-16-13(15)9(2)14(17-12)19-11-7-5-6-10(8-11)18-3/h10-11H,4-8H2,1-3H3. The van der Waals surface area contributed by atoms with Gasteiger partial charge in [-0.15, -0.1) is 0 Å². The average molecular weight is 285 g/mol. The zero-order valence-corrected chi connectivity index (χ0v) is 12.5. The fraction of sp³-hybridized carbons (Fsp3) is 0.714. The van der Waals surface area contributed by atoms with Crippen molar-refractivity contribution in [3.05, 3.63) is 16.5 Å². The SMILES string of the molecule is CCc1nc(Cl)c(C)c(OC2CCCC(OC)C2)n1. The van der Waals surface area contributed by atoms with Crippen molar-refractivity contribution in [2.45, 2.75) is 58.2 Å². The van der Waals surface area contributed by atoms with Crippen molar-refractivity contribution >= 4 is 11.6 Å². The number of nitrogens with zero attached hydrogens (tertiary/aromatic N) is 2. The van der Waals surface area contributed by atoms with Crippen molar-refractivity contribution in [3.63, 3.8) is 0 Å². The molecule has 1 aromatic heterocycles. The average Bonchev–Trinajstić information content (AvgIpc) is 2.43. The Balaban J connectivity index is 2.11. The van der Waals surface area contributed by atoms with Gasteiger partial charge in [0, 0.05) is 25.5 Å². The Morgan fingerprint density at radius 3 is 2.68 bits per heavy atom. The summed E-state index contributed by atoms with van der Waals surface area (Å²) in [6, 6.07) is 0. The first kappa shape index (κ1) is 14.5. The van der Waals surface area contributed by atoms with Crippen LogP contribution in [0, 0.1) is 6.92 Å². The maximum Gasteiger partial charge on any atom is 0.221 e. The molecule has 4 nitrogen and oxygen atoms in total. The van der Waals surface area contributed by atoms with Crippen molar-refractivity contribution in [1.29, 1.82) is 0 Å². The summed E-state index contributed by atoms with van der Waals surface area (Å²) < 4.78 is 11.4. The summed E-state index contributed by atoms with van der Waals surface area (Å²) in [6.07, 6.45) is 5.40. The maximum atomic E-state index is 6.12. The van der Waals surface area contributed by atoms with E-state index in [0.717, 1.165) is 43.5 Å². The van der Waals surface area contributed by atoms with E-state index in [1.165, 1.54) is 0 Å². The predicted octanol–water partition coefficient (Wildman–Crippen LogP) is 3.34. The molecule has 0 amide bonds. The van der Waals surface area contributed by atoms with Crippen LogP contribution in [0.4, 0.5) is 0 Å². The first-order valence-electron chi connectivity index (χ1n) is 6.86. The minimum absolute atomic E-state index is 0.160. The van der Waals surface area contributed by atoms with Gasteiger partial charge >= 0.3 is 0 Å². The Kier molecular flexibility index (Phi) is 4.99. The molecule has 106 valence electrons. The van der Waals surface area contributed by atoms with Gasteiger partial charge in [0.1, 0.15) is 17.1 Å². The fourth-order valence-corrected chi connectivity index (χ4v) is 2.54. The highest BCUT2D eigenvalue weighted by atomic mass is 35.5. The van der Waals surface area contributed by atoms with E-state index in [0.29, 0.717) is 17.1 Å². The van der Waals surface area contributed by atoms with Crippen LogP contribution >= 0.6 is 11.6 Å². The molecule has 2 unspecified atom stereocenters. The van der Waals surface area contributed by atoms with Gasteiger partial charge in [-0.05, 0) is 26.2 Å². The molecule has 1 aliphatic carbocycles. The monoisotopic (exact) mass is 284 g/mol. The van der Waals surface area contributed by atoms with Crippen LogP contribution in [-0.4, -0.2) is 29.3 Å². The normalized spacial score (nSPS) is 23.4. The summed E-state index contributed by atoms with van der Waals surface area (Å²) in [7, 11) is 1.76. The number of hydrogen-bond acceptors (Lipinski definition) is 4. The highest BCUT2D eigenvalue weighted by Gasteiger charge is 2.24. The highest BCUT2D eigenvalue weighted by molar-refractivity contribution is 6.30. The molecule has 0 spiro atoms. The lowest BCUT2D eigenvalue weighted by atomic mass is 9.95. The highest BCUT2D eigenvalue weighted by Crippen LogP contribution is 2.28. The zero-order valence-electron chi connectivity index (χ0n) is 11.8. The molecule has 2 rings (SSSR count). The summed E-state index contributed by atoms with van der Waals surface area (Å²) >= 11 is 6.12. The second kappa shape index (κ2) is 6.53. The molecule has 0 aromatic carbocycles. The minimum atomic E-state index is 0.160. The smallest absolute Gasteiger partial charge is 0.221 e. The van der Waals surface area contributed by atoms with Crippen LogP contribution in [0.3, 0.4) is 0 Å².